The van der Waals surface area contributed by atoms with Crippen LogP contribution in [0.2, 0.25) is 5.02 Å². The third-order valence-electron chi connectivity index (χ3n) is 3.82. The molecule has 0 aliphatic rings. The van der Waals surface area contributed by atoms with Gasteiger partial charge >= 0.3 is 0 Å². The molecule has 1 N–H and O–H groups in total. The Balaban J connectivity index is 1.83. The molecule has 2 heterocycles. The molecule has 1 aromatic carbocycles. The third-order valence-corrected chi connectivity index (χ3v) is 4.37. The van der Waals surface area contributed by atoms with Crippen molar-refractivity contribution in [1.29, 1.82) is 0 Å². The fourth-order valence-electron chi connectivity index (χ4n) is 2.43. The van der Waals surface area contributed by atoms with Gasteiger partial charge in [-0.1, -0.05) is 17.7 Å². The summed E-state index contributed by atoms with van der Waals surface area (Å²) >= 11 is 6.18. The predicted molar refractivity (Wildman–Crippen MR) is 95.0 cm³/mol. The number of amides is 1. The molecular weight excluding hydrogens is 324 g/mol. The van der Waals surface area contributed by atoms with Crippen molar-refractivity contribution < 1.29 is 4.79 Å². The van der Waals surface area contributed by atoms with E-state index < -0.39 is 0 Å². The molecule has 0 fully saturated rings. The normalized spacial score (nSPS) is 10.7. The molecule has 0 unspecified atom stereocenters. The molecule has 0 saturated carbocycles. The summed E-state index contributed by atoms with van der Waals surface area (Å²) in [6.07, 6.45) is 1.65. The summed E-state index contributed by atoms with van der Waals surface area (Å²) in [7, 11) is 0. The van der Waals surface area contributed by atoms with Crippen molar-refractivity contribution in [2.75, 3.05) is 5.32 Å². The Morgan fingerprint density at radius 2 is 1.83 bits per heavy atom. The fourth-order valence-corrected chi connectivity index (χ4v) is 2.54. The average molecular weight is 341 g/mol. The quantitative estimate of drug-likeness (QED) is 0.781. The van der Waals surface area contributed by atoms with E-state index in [-0.39, 0.29) is 5.91 Å². The SMILES string of the molecule is Cc1cccnc1NC(=O)c1ccc(-n2nc(C)c(Cl)c2C)cc1. The average Bonchev–Trinajstić information content (AvgIpc) is 2.84. The number of carbonyl (C=O) groups excluding carboxylic acids is 1. The monoisotopic (exact) mass is 340 g/mol. The standard InChI is InChI=1S/C18H17ClN4O/c1-11-5-4-10-20-17(11)21-18(24)14-6-8-15(9-7-14)23-13(3)16(19)12(2)22-23/h4-10H,1-3H3,(H,20,21,24). The first-order chi connectivity index (χ1) is 11.5. The number of anilines is 1. The number of hydrogen-bond acceptors (Lipinski definition) is 3. The zero-order valence-electron chi connectivity index (χ0n) is 13.7. The van der Waals surface area contributed by atoms with Gasteiger partial charge in [0.1, 0.15) is 5.82 Å². The van der Waals surface area contributed by atoms with Crippen LogP contribution in [0.5, 0.6) is 0 Å². The largest absolute Gasteiger partial charge is 0.306 e. The number of halogens is 1. The first-order valence-electron chi connectivity index (χ1n) is 7.52. The number of aryl methyl sites for hydroxylation is 2. The van der Waals surface area contributed by atoms with Gasteiger partial charge < -0.3 is 5.32 Å². The minimum Gasteiger partial charge on any atom is -0.306 e. The molecule has 3 rings (SSSR count). The molecule has 0 bridgehead atoms. The van der Waals surface area contributed by atoms with E-state index in [1.165, 1.54) is 0 Å². The first kappa shape index (κ1) is 16.2. The number of hydrogen-bond donors (Lipinski definition) is 1. The highest BCUT2D eigenvalue weighted by molar-refractivity contribution is 6.31. The van der Waals surface area contributed by atoms with Gasteiger partial charge in [0.15, 0.2) is 0 Å². The number of nitrogens with one attached hydrogen (secondary N) is 1. The Kier molecular flexibility index (Phi) is 4.36. The summed E-state index contributed by atoms with van der Waals surface area (Å²) in [5.74, 6) is 0.367. The molecule has 24 heavy (non-hydrogen) atoms. The van der Waals surface area contributed by atoms with E-state index in [2.05, 4.69) is 15.4 Å². The number of rotatable bonds is 3. The summed E-state index contributed by atoms with van der Waals surface area (Å²) in [6.45, 7) is 5.67. The van der Waals surface area contributed by atoms with Gasteiger partial charge in [-0.25, -0.2) is 9.67 Å². The van der Waals surface area contributed by atoms with Crippen LogP contribution in [0.4, 0.5) is 5.82 Å². The molecule has 0 aliphatic carbocycles. The lowest BCUT2D eigenvalue weighted by Gasteiger charge is -2.08. The smallest absolute Gasteiger partial charge is 0.256 e. The lowest BCUT2D eigenvalue weighted by molar-refractivity contribution is 0.102. The van der Waals surface area contributed by atoms with Crippen molar-refractivity contribution in [3.05, 3.63) is 70.1 Å². The zero-order chi connectivity index (χ0) is 17.3. The third kappa shape index (κ3) is 3.03. The van der Waals surface area contributed by atoms with Gasteiger partial charge in [0.05, 0.1) is 22.1 Å². The molecule has 0 atom stereocenters. The summed E-state index contributed by atoms with van der Waals surface area (Å²) < 4.78 is 1.77. The molecule has 0 spiro atoms. The molecule has 0 saturated heterocycles. The lowest BCUT2D eigenvalue weighted by Crippen LogP contribution is -2.14. The summed E-state index contributed by atoms with van der Waals surface area (Å²) in [5.41, 5.74) is 3.97. The van der Waals surface area contributed by atoms with E-state index in [9.17, 15) is 4.79 Å². The topological polar surface area (TPSA) is 59.8 Å². The number of pyridine rings is 1. The Labute approximate surface area is 145 Å². The van der Waals surface area contributed by atoms with Gasteiger partial charge in [-0.3, -0.25) is 4.79 Å². The van der Waals surface area contributed by atoms with E-state index in [1.54, 1.807) is 23.0 Å². The Morgan fingerprint density at radius 1 is 1.12 bits per heavy atom. The van der Waals surface area contributed by atoms with Crippen LogP contribution in [0, 0.1) is 20.8 Å². The molecule has 6 heteroatoms. The van der Waals surface area contributed by atoms with E-state index in [1.807, 2.05) is 45.0 Å². The second-order valence-electron chi connectivity index (χ2n) is 5.57. The van der Waals surface area contributed by atoms with Crippen molar-refractivity contribution in [1.82, 2.24) is 14.8 Å². The fraction of sp³-hybridized carbons (Fsp3) is 0.167. The number of benzene rings is 1. The van der Waals surface area contributed by atoms with Crippen LogP contribution in [-0.4, -0.2) is 20.7 Å². The molecule has 5 nitrogen and oxygen atoms in total. The van der Waals surface area contributed by atoms with Crippen molar-refractivity contribution in [2.24, 2.45) is 0 Å². The molecular formula is C18H17ClN4O. The van der Waals surface area contributed by atoms with Gasteiger partial charge in [0.25, 0.3) is 5.91 Å². The second kappa shape index (κ2) is 6.45. The lowest BCUT2D eigenvalue weighted by atomic mass is 10.2. The highest BCUT2D eigenvalue weighted by Crippen LogP contribution is 2.22. The minimum atomic E-state index is -0.199. The zero-order valence-corrected chi connectivity index (χ0v) is 14.4. The van der Waals surface area contributed by atoms with Crippen LogP contribution < -0.4 is 5.32 Å². The molecule has 0 aliphatic heterocycles. The number of carbonyl (C=O) groups is 1. The Morgan fingerprint density at radius 3 is 2.42 bits per heavy atom. The van der Waals surface area contributed by atoms with Gasteiger partial charge in [0, 0.05) is 11.8 Å². The molecule has 2 aromatic heterocycles. The highest BCUT2D eigenvalue weighted by Gasteiger charge is 2.12. The first-order valence-corrected chi connectivity index (χ1v) is 7.90. The van der Waals surface area contributed by atoms with E-state index in [0.29, 0.717) is 16.4 Å². The molecule has 3 aromatic rings. The van der Waals surface area contributed by atoms with Gasteiger partial charge in [0.2, 0.25) is 0 Å². The van der Waals surface area contributed by atoms with Crippen molar-refractivity contribution >= 4 is 23.3 Å². The van der Waals surface area contributed by atoms with Crippen LogP contribution in [0.3, 0.4) is 0 Å². The Bertz CT molecular complexity index is 900. The van der Waals surface area contributed by atoms with Gasteiger partial charge in [-0.05, 0) is 56.7 Å². The van der Waals surface area contributed by atoms with Crippen LogP contribution in [0.25, 0.3) is 5.69 Å². The van der Waals surface area contributed by atoms with Crippen LogP contribution >= 0.6 is 11.6 Å². The molecule has 122 valence electrons. The summed E-state index contributed by atoms with van der Waals surface area (Å²) in [5, 5.41) is 7.88. The maximum absolute atomic E-state index is 12.3. The van der Waals surface area contributed by atoms with E-state index in [0.717, 1.165) is 22.6 Å². The Hall–Kier alpha value is -2.66. The highest BCUT2D eigenvalue weighted by atomic mass is 35.5. The molecule has 1 amide bonds. The van der Waals surface area contributed by atoms with E-state index >= 15 is 0 Å². The summed E-state index contributed by atoms with van der Waals surface area (Å²) in [4.78, 5) is 16.5. The maximum atomic E-state index is 12.3. The summed E-state index contributed by atoms with van der Waals surface area (Å²) in [6, 6.07) is 10.9. The van der Waals surface area contributed by atoms with Gasteiger partial charge in [-0.2, -0.15) is 5.10 Å². The maximum Gasteiger partial charge on any atom is 0.256 e. The van der Waals surface area contributed by atoms with Crippen LogP contribution in [0.1, 0.15) is 27.3 Å². The number of nitrogens with zero attached hydrogens (tertiary/aromatic N) is 3. The van der Waals surface area contributed by atoms with Crippen molar-refractivity contribution in [2.45, 2.75) is 20.8 Å². The second-order valence-corrected chi connectivity index (χ2v) is 5.94. The van der Waals surface area contributed by atoms with Gasteiger partial charge in [-0.15, -0.1) is 0 Å². The van der Waals surface area contributed by atoms with Crippen molar-refractivity contribution in [3.8, 4) is 5.69 Å². The number of aromatic nitrogens is 3. The van der Waals surface area contributed by atoms with E-state index in [4.69, 9.17) is 11.6 Å². The minimum absolute atomic E-state index is 0.199. The van der Waals surface area contributed by atoms with Crippen molar-refractivity contribution in [3.63, 3.8) is 0 Å². The molecule has 0 radical (unpaired) electrons. The predicted octanol–water partition coefficient (Wildman–Crippen LogP) is 4.10. The van der Waals surface area contributed by atoms with Crippen LogP contribution in [-0.2, 0) is 0 Å². The van der Waals surface area contributed by atoms with Crippen LogP contribution in [0.15, 0.2) is 42.6 Å².